The number of nitrogens with two attached hydrogens (primary N) is 2. The second-order valence-corrected chi connectivity index (χ2v) is 10.9. The highest BCUT2D eigenvalue weighted by Gasteiger charge is 2.41. The van der Waals surface area contributed by atoms with Gasteiger partial charge in [-0.3, -0.25) is 4.90 Å². The summed E-state index contributed by atoms with van der Waals surface area (Å²) in [6.07, 6.45) is 8.13. The van der Waals surface area contributed by atoms with Crippen molar-refractivity contribution in [2.24, 2.45) is 29.2 Å². The molecule has 2 aliphatic heterocycles. The average Bonchev–Trinajstić information content (AvgIpc) is 3.43. The third kappa shape index (κ3) is 7.93. The van der Waals surface area contributed by atoms with Crippen LogP contribution in [-0.2, 0) is 16.1 Å². The molecule has 3 fully saturated rings. The standard InChI is InChI=1S/C29H46FN5O2.2H2/c1-3-34(4-2)20-37-19-22-5-6-26(27(30)13-22)28(31)7-8-29(32)33-25-14-23-17-35(18-24(23)15-25)16-21-9-11-36-12-10-21;;/h5-8,13,21,23-25,33H,3-4,9-12,14-20,31-32H2,1-2H3;2*1H/b28-7-,29-8+;;/t23-,24?,25?;;/m1../s1. The molecule has 0 bridgehead atoms. The minimum Gasteiger partial charge on any atom is -0.398 e. The van der Waals surface area contributed by atoms with E-state index in [-0.39, 0.29) is 8.67 Å². The lowest BCUT2D eigenvalue weighted by molar-refractivity contribution is 0.0240. The smallest absolute Gasteiger partial charge is 0.132 e. The van der Waals surface area contributed by atoms with Crippen molar-refractivity contribution in [2.45, 2.75) is 52.2 Å². The van der Waals surface area contributed by atoms with E-state index in [1.54, 1.807) is 18.2 Å². The Morgan fingerprint density at radius 3 is 2.51 bits per heavy atom. The van der Waals surface area contributed by atoms with Gasteiger partial charge in [-0.2, -0.15) is 0 Å². The minimum atomic E-state index is -0.355. The van der Waals surface area contributed by atoms with Gasteiger partial charge in [0.2, 0.25) is 0 Å². The summed E-state index contributed by atoms with van der Waals surface area (Å²) in [4.78, 5) is 4.83. The summed E-state index contributed by atoms with van der Waals surface area (Å²) in [5.41, 5.74) is 14.0. The number of ether oxygens (including phenoxy) is 2. The van der Waals surface area contributed by atoms with Gasteiger partial charge in [0.1, 0.15) is 5.82 Å². The van der Waals surface area contributed by atoms with E-state index in [1.807, 2.05) is 6.07 Å². The lowest BCUT2D eigenvalue weighted by atomic mass is 10.00. The number of halogens is 1. The van der Waals surface area contributed by atoms with Crippen LogP contribution in [0.4, 0.5) is 4.39 Å². The number of benzene rings is 1. The van der Waals surface area contributed by atoms with Crippen molar-refractivity contribution in [3.8, 4) is 0 Å². The second kappa shape index (κ2) is 13.6. The summed E-state index contributed by atoms with van der Waals surface area (Å²) in [5.74, 6) is 2.51. The summed E-state index contributed by atoms with van der Waals surface area (Å²) in [6.45, 7) is 12.4. The molecule has 0 spiro atoms. The zero-order valence-electron chi connectivity index (χ0n) is 22.6. The van der Waals surface area contributed by atoms with Crippen LogP contribution in [0.5, 0.6) is 0 Å². The number of rotatable bonds is 12. The van der Waals surface area contributed by atoms with Crippen molar-refractivity contribution < 1.29 is 16.7 Å². The predicted molar refractivity (Wildman–Crippen MR) is 151 cm³/mol. The number of hydrogen-bond acceptors (Lipinski definition) is 7. The van der Waals surface area contributed by atoms with Gasteiger partial charge in [-0.25, -0.2) is 4.39 Å². The fraction of sp³-hybridized carbons (Fsp3) is 0.655. The maximum atomic E-state index is 14.7. The second-order valence-electron chi connectivity index (χ2n) is 10.9. The Morgan fingerprint density at radius 2 is 1.86 bits per heavy atom. The van der Waals surface area contributed by atoms with Gasteiger partial charge in [0.15, 0.2) is 0 Å². The molecular formula is C29H50FN5O2. The largest absolute Gasteiger partial charge is 0.398 e. The molecular weight excluding hydrogens is 469 g/mol. The fourth-order valence-corrected chi connectivity index (χ4v) is 6.09. The zero-order chi connectivity index (χ0) is 26.2. The van der Waals surface area contributed by atoms with Gasteiger partial charge in [0.25, 0.3) is 0 Å². The number of allylic oxidation sites excluding steroid dienone is 2. The number of likely N-dealkylation sites (tertiary alicyclic amines) is 1. The van der Waals surface area contributed by atoms with Crippen LogP contribution in [0.15, 0.2) is 36.2 Å². The Morgan fingerprint density at radius 1 is 1.16 bits per heavy atom. The molecule has 1 aliphatic carbocycles. The van der Waals surface area contributed by atoms with Gasteiger partial charge in [0, 0.05) is 53.0 Å². The number of fused-ring (bicyclic) bond motifs is 1. The number of nitrogens with zero attached hydrogens (tertiary/aromatic N) is 2. The first kappa shape index (κ1) is 27.9. The van der Waals surface area contributed by atoms with Gasteiger partial charge in [-0.05, 0) is 86.4 Å². The van der Waals surface area contributed by atoms with Gasteiger partial charge in [-0.1, -0.05) is 19.9 Å². The van der Waals surface area contributed by atoms with E-state index < -0.39 is 0 Å². The topological polar surface area (TPSA) is 89.0 Å². The molecule has 210 valence electrons. The molecule has 0 amide bonds. The van der Waals surface area contributed by atoms with Crippen LogP contribution < -0.4 is 16.8 Å². The molecule has 8 heteroatoms. The lowest BCUT2D eigenvalue weighted by Crippen LogP contribution is -2.34. The van der Waals surface area contributed by atoms with Gasteiger partial charge >= 0.3 is 0 Å². The number of nitrogens with one attached hydrogen (secondary N) is 1. The summed E-state index contributed by atoms with van der Waals surface area (Å²) >= 11 is 0. The maximum Gasteiger partial charge on any atom is 0.132 e. The fourth-order valence-electron chi connectivity index (χ4n) is 6.09. The molecule has 1 saturated carbocycles. The first-order valence-corrected chi connectivity index (χ1v) is 14.0. The maximum absolute atomic E-state index is 14.7. The van der Waals surface area contributed by atoms with Crippen LogP contribution in [0.25, 0.3) is 5.70 Å². The quantitative estimate of drug-likeness (QED) is 0.285. The van der Waals surface area contributed by atoms with E-state index in [9.17, 15) is 4.39 Å². The van der Waals surface area contributed by atoms with Crippen molar-refractivity contribution in [1.29, 1.82) is 0 Å². The molecule has 2 heterocycles. The van der Waals surface area contributed by atoms with Gasteiger partial charge in [-0.15, -0.1) is 0 Å². The van der Waals surface area contributed by atoms with Gasteiger partial charge < -0.3 is 31.2 Å². The highest BCUT2D eigenvalue weighted by atomic mass is 19.1. The van der Waals surface area contributed by atoms with Crippen molar-refractivity contribution in [3.05, 3.63) is 53.1 Å². The Kier molecular flexibility index (Phi) is 10.3. The van der Waals surface area contributed by atoms with Crippen molar-refractivity contribution in [2.75, 3.05) is 52.7 Å². The molecule has 2 saturated heterocycles. The Hall–Kier alpha value is -2.13. The molecule has 0 radical (unpaired) electrons. The molecule has 1 aromatic carbocycles. The highest BCUT2D eigenvalue weighted by molar-refractivity contribution is 5.65. The van der Waals surface area contributed by atoms with Crippen molar-refractivity contribution >= 4 is 5.70 Å². The van der Waals surface area contributed by atoms with E-state index in [0.29, 0.717) is 36.5 Å². The molecule has 1 aromatic rings. The Bertz CT molecular complexity index is 926. The van der Waals surface area contributed by atoms with Crippen LogP contribution in [0.1, 0.15) is 53.5 Å². The first-order chi connectivity index (χ1) is 17.9. The highest BCUT2D eigenvalue weighted by Crippen LogP contribution is 2.39. The van der Waals surface area contributed by atoms with Crippen LogP contribution in [0.3, 0.4) is 0 Å². The van der Waals surface area contributed by atoms with Crippen LogP contribution in [0, 0.1) is 23.6 Å². The SMILES string of the molecule is CCN(CC)COCc1ccc(/C(N)=C/C=C(\N)NC2CC3CN(CC4CCOCC4)C[C@H]3C2)c(F)c1.[HH].[HH]. The zero-order valence-corrected chi connectivity index (χ0v) is 22.6. The summed E-state index contributed by atoms with van der Waals surface area (Å²) in [6, 6.07) is 5.44. The third-order valence-corrected chi connectivity index (χ3v) is 8.28. The third-order valence-electron chi connectivity index (χ3n) is 8.28. The molecule has 2 unspecified atom stereocenters. The molecule has 3 aliphatic rings. The molecule has 7 nitrogen and oxygen atoms in total. The van der Waals surface area contributed by atoms with Crippen LogP contribution in [0.2, 0.25) is 0 Å². The summed E-state index contributed by atoms with van der Waals surface area (Å²) < 4.78 is 25.9. The average molecular weight is 520 g/mol. The molecule has 0 aromatic heterocycles. The minimum absolute atomic E-state index is 0. The van der Waals surface area contributed by atoms with Crippen molar-refractivity contribution in [3.63, 3.8) is 0 Å². The Balaban J connectivity index is 0.00000267. The molecule has 4 rings (SSSR count). The monoisotopic (exact) mass is 519 g/mol. The van der Waals surface area contributed by atoms with E-state index in [0.717, 1.165) is 62.5 Å². The van der Waals surface area contributed by atoms with Crippen molar-refractivity contribution in [1.82, 2.24) is 15.1 Å². The lowest BCUT2D eigenvalue weighted by Gasteiger charge is -2.27. The van der Waals surface area contributed by atoms with E-state index >= 15 is 0 Å². The molecule has 5 N–H and O–H groups in total. The van der Waals surface area contributed by atoms with E-state index in [4.69, 9.17) is 20.9 Å². The summed E-state index contributed by atoms with van der Waals surface area (Å²) in [7, 11) is 0. The van der Waals surface area contributed by atoms with Gasteiger partial charge in [0.05, 0.1) is 19.2 Å². The van der Waals surface area contributed by atoms with E-state index in [1.165, 1.54) is 38.5 Å². The first-order valence-electron chi connectivity index (χ1n) is 14.0. The predicted octanol–water partition coefficient (Wildman–Crippen LogP) is 3.96. The normalized spacial score (nSPS) is 25.7. The molecule has 3 atom stereocenters. The van der Waals surface area contributed by atoms with Crippen LogP contribution >= 0.6 is 0 Å². The van der Waals surface area contributed by atoms with E-state index in [2.05, 4.69) is 29.0 Å². The number of hydrogen-bond donors (Lipinski definition) is 3. The van der Waals surface area contributed by atoms with Crippen LogP contribution in [-0.4, -0.2) is 68.5 Å². The molecule has 37 heavy (non-hydrogen) atoms. The Labute approximate surface area is 225 Å². The summed E-state index contributed by atoms with van der Waals surface area (Å²) in [5, 5.41) is 3.47.